The van der Waals surface area contributed by atoms with Crippen LogP contribution in [0.2, 0.25) is 0 Å². The van der Waals surface area contributed by atoms with Gasteiger partial charge in [0.05, 0.1) is 29.6 Å². The van der Waals surface area contributed by atoms with E-state index in [1.807, 2.05) is 66.7 Å². The molecule has 0 saturated carbocycles. The largest absolute Gasteiger partial charge is 0.340 e. The normalized spacial score (nSPS) is 20.5. The molecule has 0 bridgehead atoms. The van der Waals surface area contributed by atoms with Crippen molar-refractivity contribution in [2.75, 3.05) is 6.54 Å². The van der Waals surface area contributed by atoms with Crippen molar-refractivity contribution in [3.63, 3.8) is 0 Å². The Morgan fingerprint density at radius 1 is 0.903 bits per heavy atom. The van der Waals surface area contributed by atoms with Crippen molar-refractivity contribution >= 4 is 28.5 Å². The van der Waals surface area contributed by atoms with Gasteiger partial charge in [-0.1, -0.05) is 60.7 Å². The molecule has 1 aliphatic carbocycles. The summed E-state index contributed by atoms with van der Waals surface area (Å²) in [5, 5.41) is 0.853. The number of aryl methyl sites for hydroxylation is 1. The fraction of sp³-hybridized carbons (Fsp3) is 0.269. The summed E-state index contributed by atoms with van der Waals surface area (Å²) in [7, 11) is 0. The van der Waals surface area contributed by atoms with Gasteiger partial charge >= 0.3 is 0 Å². The second-order valence-electron chi connectivity index (χ2n) is 8.19. The zero-order valence-corrected chi connectivity index (χ0v) is 17.5. The molecule has 1 aliphatic heterocycles. The van der Waals surface area contributed by atoms with Crippen LogP contribution in [0, 0.1) is 11.8 Å². The van der Waals surface area contributed by atoms with E-state index < -0.39 is 0 Å². The van der Waals surface area contributed by atoms with Crippen LogP contribution in [0.25, 0.3) is 22.2 Å². The Balaban J connectivity index is 1.59. The van der Waals surface area contributed by atoms with Crippen LogP contribution in [0.4, 0.5) is 0 Å². The fourth-order valence-electron chi connectivity index (χ4n) is 5.06. The smallest absolute Gasteiger partial charge is 0.233 e. The Morgan fingerprint density at radius 3 is 2.16 bits per heavy atom. The summed E-state index contributed by atoms with van der Waals surface area (Å²) in [5.41, 5.74) is 3.34. The molecule has 1 saturated heterocycles. The van der Waals surface area contributed by atoms with Crippen LogP contribution in [-0.4, -0.2) is 33.6 Å². The minimum absolute atomic E-state index is 0.199. The SMILES string of the molecule is CCn1c(-c2ccccc2)c(C(=O)CN2C(=O)[C@H]3CC=CC[C@H]3C2=O)c2ccccc21. The highest BCUT2D eigenvalue weighted by Crippen LogP contribution is 2.37. The van der Waals surface area contributed by atoms with Gasteiger partial charge < -0.3 is 4.57 Å². The first-order valence-corrected chi connectivity index (χ1v) is 10.8. The predicted octanol–water partition coefficient (Wildman–Crippen LogP) is 4.46. The number of carbonyl (C=O) groups is 3. The fourth-order valence-corrected chi connectivity index (χ4v) is 5.06. The van der Waals surface area contributed by atoms with Crippen LogP contribution in [-0.2, 0) is 16.1 Å². The molecule has 5 nitrogen and oxygen atoms in total. The van der Waals surface area contributed by atoms with E-state index in [0.717, 1.165) is 22.2 Å². The maximum Gasteiger partial charge on any atom is 0.233 e. The van der Waals surface area contributed by atoms with Crippen molar-refractivity contribution < 1.29 is 14.4 Å². The number of hydrogen-bond acceptors (Lipinski definition) is 3. The van der Waals surface area contributed by atoms with Crippen LogP contribution >= 0.6 is 0 Å². The van der Waals surface area contributed by atoms with Gasteiger partial charge in [0.25, 0.3) is 0 Å². The lowest BCUT2D eigenvalue weighted by Crippen LogP contribution is -2.36. The third-order valence-electron chi connectivity index (χ3n) is 6.51. The van der Waals surface area contributed by atoms with Crippen molar-refractivity contribution in [1.82, 2.24) is 9.47 Å². The van der Waals surface area contributed by atoms with Crippen molar-refractivity contribution in [3.05, 3.63) is 72.3 Å². The molecule has 1 aromatic heterocycles. The second-order valence-corrected chi connectivity index (χ2v) is 8.19. The standard InChI is InChI=1S/C26H24N2O3/c1-2-27-21-15-9-8-14-20(21)23(24(27)17-10-4-3-5-11-17)22(29)16-28-25(30)18-12-6-7-13-19(18)26(28)31/h3-11,14-15,18-19H,2,12-13,16H2,1H3/t18-,19+. The minimum atomic E-state index is -0.323. The van der Waals surface area contributed by atoms with Gasteiger partial charge in [0.1, 0.15) is 0 Å². The number of hydrogen-bond donors (Lipinski definition) is 0. The topological polar surface area (TPSA) is 59.4 Å². The van der Waals surface area contributed by atoms with Gasteiger partial charge in [-0.25, -0.2) is 0 Å². The number of carbonyl (C=O) groups excluding carboxylic acids is 3. The lowest BCUT2D eigenvalue weighted by Gasteiger charge is -2.15. The molecule has 2 atom stereocenters. The van der Waals surface area contributed by atoms with Crippen LogP contribution in [0.5, 0.6) is 0 Å². The zero-order valence-electron chi connectivity index (χ0n) is 17.5. The Kier molecular flexibility index (Phi) is 4.81. The Hall–Kier alpha value is -3.47. The minimum Gasteiger partial charge on any atom is -0.340 e. The number of benzene rings is 2. The van der Waals surface area contributed by atoms with E-state index in [4.69, 9.17) is 0 Å². The summed E-state index contributed by atoms with van der Waals surface area (Å²) in [5.74, 6) is -1.27. The lowest BCUT2D eigenvalue weighted by molar-refractivity contribution is -0.139. The molecule has 0 spiro atoms. The number of fused-ring (bicyclic) bond motifs is 2. The average molecular weight is 412 g/mol. The molecule has 2 aromatic carbocycles. The van der Waals surface area contributed by atoms with Gasteiger partial charge in [-0.3, -0.25) is 19.3 Å². The maximum absolute atomic E-state index is 13.7. The Morgan fingerprint density at radius 2 is 1.52 bits per heavy atom. The molecule has 5 rings (SSSR count). The molecule has 0 radical (unpaired) electrons. The predicted molar refractivity (Wildman–Crippen MR) is 119 cm³/mol. The molecule has 0 unspecified atom stereocenters. The highest BCUT2D eigenvalue weighted by atomic mass is 16.2. The van der Waals surface area contributed by atoms with E-state index in [0.29, 0.717) is 24.9 Å². The molecular weight excluding hydrogens is 388 g/mol. The van der Waals surface area contributed by atoms with Crippen molar-refractivity contribution in [1.29, 1.82) is 0 Å². The molecule has 2 amide bonds. The summed E-state index contributed by atoms with van der Waals surface area (Å²) < 4.78 is 2.13. The summed E-state index contributed by atoms with van der Waals surface area (Å²) in [4.78, 5) is 40.7. The highest BCUT2D eigenvalue weighted by molar-refractivity contribution is 6.17. The number of ketones is 1. The Labute approximate surface area is 181 Å². The first-order chi connectivity index (χ1) is 15.1. The molecular formula is C26H24N2O3. The van der Waals surface area contributed by atoms with Crippen LogP contribution in [0.15, 0.2) is 66.7 Å². The van der Waals surface area contributed by atoms with Gasteiger partial charge in [-0.2, -0.15) is 0 Å². The average Bonchev–Trinajstić information content (AvgIpc) is 3.27. The lowest BCUT2D eigenvalue weighted by atomic mass is 9.85. The second kappa shape index (κ2) is 7.65. The van der Waals surface area contributed by atoms with E-state index in [9.17, 15) is 14.4 Å². The van der Waals surface area contributed by atoms with Gasteiger partial charge in [0.2, 0.25) is 11.8 Å². The molecule has 1 fully saturated rings. The highest BCUT2D eigenvalue weighted by Gasteiger charge is 2.47. The van der Waals surface area contributed by atoms with Gasteiger partial charge in [-0.15, -0.1) is 0 Å². The zero-order chi connectivity index (χ0) is 21.5. The molecule has 156 valence electrons. The summed E-state index contributed by atoms with van der Waals surface area (Å²) in [6, 6.07) is 17.7. The number of nitrogens with zero attached hydrogens (tertiary/aromatic N) is 2. The van der Waals surface area contributed by atoms with E-state index in [-0.39, 0.29) is 36.0 Å². The quantitative estimate of drug-likeness (QED) is 0.353. The summed E-state index contributed by atoms with van der Waals surface area (Å²) >= 11 is 0. The number of rotatable bonds is 5. The third kappa shape index (κ3) is 3.03. The molecule has 0 N–H and O–H groups in total. The Bertz CT molecular complexity index is 1200. The summed E-state index contributed by atoms with van der Waals surface area (Å²) in [6.07, 6.45) is 5.06. The monoisotopic (exact) mass is 412 g/mol. The first kappa shape index (κ1) is 19.5. The van der Waals surface area contributed by atoms with Crippen LogP contribution in [0.1, 0.15) is 30.1 Å². The third-order valence-corrected chi connectivity index (χ3v) is 6.51. The molecule has 2 aliphatic rings. The molecule has 2 heterocycles. The molecule has 31 heavy (non-hydrogen) atoms. The summed E-state index contributed by atoms with van der Waals surface area (Å²) in [6.45, 7) is 2.55. The number of aromatic nitrogens is 1. The number of Topliss-reactive ketones (excluding diaryl/α,β-unsaturated/α-hetero) is 1. The van der Waals surface area contributed by atoms with E-state index in [1.54, 1.807) is 0 Å². The maximum atomic E-state index is 13.7. The van der Waals surface area contributed by atoms with Crippen LogP contribution < -0.4 is 0 Å². The van der Waals surface area contributed by atoms with E-state index in [2.05, 4.69) is 11.5 Å². The molecule has 5 heteroatoms. The van der Waals surface area contributed by atoms with Gasteiger partial charge in [0, 0.05) is 17.4 Å². The van der Waals surface area contributed by atoms with Crippen molar-refractivity contribution in [3.8, 4) is 11.3 Å². The number of amides is 2. The van der Waals surface area contributed by atoms with Crippen molar-refractivity contribution in [2.24, 2.45) is 11.8 Å². The van der Waals surface area contributed by atoms with Gasteiger partial charge in [0.15, 0.2) is 5.78 Å². The van der Waals surface area contributed by atoms with Crippen molar-refractivity contribution in [2.45, 2.75) is 26.3 Å². The number of para-hydroxylation sites is 1. The van der Waals surface area contributed by atoms with Gasteiger partial charge in [-0.05, 0) is 31.4 Å². The molecule has 3 aromatic rings. The number of imide groups is 1. The van der Waals surface area contributed by atoms with E-state index >= 15 is 0 Å². The van der Waals surface area contributed by atoms with E-state index in [1.165, 1.54) is 4.90 Å². The number of allylic oxidation sites excluding steroid dienone is 2. The first-order valence-electron chi connectivity index (χ1n) is 10.8. The van der Waals surface area contributed by atoms with Crippen LogP contribution in [0.3, 0.4) is 0 Å². The number of likely N-dealkylation sites (tertiary alicyclic amines) is 1.